The molecule has 0 aromatic carbocycles. The summed E-state index contributed by atoms with van der Waals surface area (Å²) in [4.78, 5) is 0. The molecule has 21 heavy (non-hydrogen) atoms. The molecule has 13 heteroatoms. The van der Waals surface area contributed by atoms with Gasteiger partial charge in [-0.3, -0.25) is 8.37 Å². The number of ether oxygens (including phenoxy) is 3. The molecule has 4 atom stereocenters. The Bertz CT molecular complexity index is 512. The van der Waals surface area contributed by atoms with E-state index >= 15 is 0 Å². The van der Waals surface area contributed by atoms with E-state index in [1.807, 2.05) is 0 Å². The van der Waals surface area contributed by atoms with Crippen molar-refractivity contribution in [2.75, 3.05) is 20.8 Å². The second-order valence-corrected chi connectivity index (χ2v) is 6.10. The number of hydrogen-bond acceptors (Lipinski definition) is 11. The molecule has 1 rings (SSSR count). The molecular formula is C8H14O11S2-2. The van der Waals surface area contributed by atoms with E-state index in [1.165, 1.54) is 7.11 Å². The van der Waals surface area contributed by atoms with Crippen LogP contribution in [0.2, 0.25) is 0 Å². The van der Waals surface area contributed by atoms with Gasteiger partial charge in [0, 0.05) is 20.6 Å². The van der Waals surface area contributed by atoms with E-state index in [0.717, 1.165) is 7.11 Å². The van der Waals surface area contributed by atoms with Crippen molar-refractivity contribution in [1.29, 1.82) is 0 Å². The van der Waals surface area contributed by atoms with E-state index in [4.69, 9.17) is 14.2 Å². The van der Waals surface area contributed by atoms with Crippen LogP contribution in [-0.4, -0.2) is 71.4 Å². The van der Waals surface area contributed by atoms with Crippen LogP contribution in [0.4, 0.5) is 0 Å². The van der Waals surface area contributed by atoms with Gasteiger partial charge in [-0.05, 0) is 0 Å². The summed E-state index contributed by atoms with van der Waals surface area (Å²) in [6.45, 7) is -0.609. The summed E-state index contributed by atoms with van der Waals surface area (Å²) in [5.41, 5.74) is 0. The molecule has 0 aliphatic carbocycles. The maximum absolute atomic E-state index is 10.7. The minimum absolute atomic E-state index is 0.0773. The van der Waals surface area contributed by atoms with Gasteiger partial charge in [0.05, 0.1) is 18.8 Å². The normalized spacial score (nSPS) is 31.2. The summed E-state index contributed by atoms with van der Waals surface area (Å²) in [5, 5.41) is 0. The van der Waals surface area contributed by atoms with Crippen molar-refractivity contribution in [3.8, 4) is 0 Å². The molecule has 3 unspecified atom stereocenters. The number of methoxy groups -OCH3 is 2. The van der Waals surface area contributed by atoms with E-state index in [9.17, 15) is 25.9 Å². The molecule has 0 bridgehead atoms. The minimum atomic E-state index is -5.03. The van der Waals surface area contributed by atoms with Gasteiger partial charge >= 0.3 is 0 Å². The summed E-state index contributed by atoms with van der Waals surface area (Å²) in [6.07, 6.45) is -4.65. The van der Waals surface area contributed by atoms with Gasteiger partial charge in [0.1, 0.15) is 0 Å². The summed E-state index contributed by atoms with van der Waals surface area (Å²) < 4.78 is 86.5. The standard InChI is InChI=1S/C8H16O11S2/c1-15-6-3-5(4-17-20(9,10)11)18-8(16-2)7(6)19-21(12,13)14/h5-8H,3-4H2,1-2H3,(H,9,10,11)(H,12,13,14)/p-2/t5?,6?,7?,8-/m1/s1. The Morgan fingerprint density at radius 2 is 1.71 bits per heavy atom. The third-order valence-electron chi connectivity index (χ3n) is 2.62. The molecule has 1 aliphatic heterocycles. The Balaban J connectivity index is 2.79. The maximum Gasteiger partial charge on any atom is 0.218 e. The number of rotatable bonds is 7. The lowest BCUT2D eigenvalue weighted by atomic mass is 10.0. The Hall–Kier alpha value is -0.380. The van der Waals surface area contributed by atoms with Crippen molar-refractivity contribution in [3.05, 3.63) is 0 Å². The van der Waals surface area contributed by atoms with E-state index in [0.29, 0.717) is 0 Å². The summed E-state index contributed by atoms with van der Waals surface area (Å²) >= 11 is 0. The molecule has 0 aromatic rings. The lowest BCUT2D eigenvalue weighted by Gasteiger charge is -2.39. The Kier molecular flexibility index (Phi) is 6.45. The van der Waals surface area contributed by atoms with E-state index < -0.39 is 52.0 Å². The third-order valence-corrected chi connectivity index (χ3v) is 3.50. The fourth-order valence-corrected chi connectivity index (χ4v) is 2.63. The van der Waals surface area contributed by atoms with Crippen LogP contribution >= 0.6 is 0 Å². The monoisotopic (exact) mass is 350 g/mol. The van der Waals surface area contributed by atoms with Crippen LogP contribution in [0.1, 0.15) is 6.42 Å². The smallest absolute Gasteiger partial charge is 0.218 e. The van der Waals surface area contributed by atoms with Crippen molar-refractivity contribution in [1.82, 2.24) is 0 Å². The molecule has 0 radical (unpaired) electrons. The SMILES string of the molecule is COC1CC(COS(=O)(=O)[O-])O[C@@H](OC)C1OS(=O)(=O)[O-]. The highest BCUT2D eigenvalue weighted by Gasteiger charge is 2.41. The molecule has 0 saturated carbocycles. The first-order chi connectivity index (χ1) is 9.55. The summed E-state index contributed by atoms with van der Waals surface area (Å²) in [5.74, 6) is 0. The van der Waals surface area contributed by atoms with Gasteiger partial charge in [-0.1, -0.05) is 0 Å². The van der Waals surface area contributed by atoms with Gasteiger partial charge in [-0.25, -0.2) is 16.8 Å². The van der Waals surface area contributed by atoms with Crippen molar-refractivity contribution in [2.45, 2.75) is 31.0 Å². The fourth-order valence-electron chi connectivity index (χ4n) is 1.82. The van der Waals surface area contributed by atoms with Crippen molar-refractivity contribution >= 4 is 20.8 Å². The molecule has 11 nitrogen and oxygen atoms in total. The zero-order valence-corrected chi connectivity index (χ0v) is 12.7. The van der Waals surface area contributed by atoms with Gasteiger partial charge in [0.15, 0.2) is 12.4 Å². The summed E-state index contributed by atoms with van der Waals surface area (Å²) in [7, 11) is -7.56. The van der Waals surface area contributed by atoms with Crippen LogP contribution in [0, 0.1) is 0 Å². The zero-order chi connectivity index (χ0) is 16.3. The fraction of sp³-hybridized carbons (Fsp3) is 1.00. The lowest BCUT2D eigenvalue weighted by Crippen LogP contribution is -2.53. The topological polar surface area (TPSA) is 161 Å². The van der Waals surface area contributed by atoms with Gasteiger partial charge < -0.3 is 23.3 Å². The van der Waals surface area contributed by atoms with Crippen LogP contribution in [0.5, 0.6) is 0 Å². The van der Waals surface area contributed by atoms with Gasteiger partial charge in [-0.2, -0.15) is 0 Å². The first kappa shape index (κ1) is 18.7. The Morgan fingerprint density at radius 3 is 2.14 bits per heavy atom. The van der Waals surface area contributed by atoms with Gasteiger partial charge in [0.25, 0.3) is 0 Å². The largest absolute Gasteiger partial charge is 0.726 e. The molecule has 1 fully saturated rings. The van der Waals surface area contributed by atoms with E-state index in [2.05, 4.69) is 8.37 Å². The minimum Gasteiger partial charge on any atom is -0.726 e. The van der Waals surface area contributed by atoms with Crippen molar-refractivity contribution < 1.29 is 48.5 Å². The molecule has 1 heterocycles. The van der Waals surface area contributed by atoms with Crippen LogP contribution in [0.3, 0.4) is 0 Å². The predicted octanol–water partition coefficient (Wildman–Crippen LogP) is -1.91. The van der Waals surface area contributed by atoms with E-state index in [1.54, 1.807) is 0 Å². The number of hydrogen-bond donors (Lipinski definition) is 0. The predicted molar refractivity (Wildman–Crippen MR) is 61.3 cm³/mol. The molecule has 0 spiro atoms. The van der Waals surface area contributed by atoms with Gasteiger partial charge in [-0.15, -0.1) is 0 Å². The van der Waals surface area contributed by atoms with Crippen LogP contribution in [-0.2, 0) is 43.4 Å². The Morgan fingerprint density at radius 1 is 1.10 bits per heavy atom. The quantitative estimate of drug-likeness (QED) is 0.372. The molecule has 1 saturated heterocycles. The lowest BCUT2D eigenvalue weighted by molar-refractivity contribution is -0.258. The summed E-state index contributed by atoms with van der Waals surface area (Å²) in [6, 6.07) is 0. The molecule has 0 N–H and O–H groups in total. The van der Waals surface area contributed by atoms with Crippen LogP contribution in [0.15, 0.2) is 0 Å². The second kappa shape index (κ2) is 7.26. The highest BCUT2D eigenvalue weighted by Crippen LogP contribution is 2.26. The molecule has 126 valence electrons. The molecule has 1 aliphatic rings. The third kappa shape index (κ3) is 6.50. The first-order valence-corrected chi connectivity index (χ1v) is 8.18. The average Bonchev–Trinajstić information content (AvgIpc) is 2.34. The van der Waals surface area contributed by atoms with Crippen LogP contribution < -0.4 is 0 Å². The van der Waals surface area contributed by atoms with Crippen molar-refractivity contribution in [3.63, 3.8) is 0 Å². The second-order valence-electron chi connectivity index (χ2n) is 4.03. The van der Waals surface area contributed by atoms with E-state index in [-0.39, 0.29) is 6.42 Å². The van der Waals surface area contributed by atoms with Crippen LogP contribution in [0.25, 0.3) is 0 Å². The van der Waals surface area contributed by atoms with Gasteiger partial charge in [0.2, 0.25) is 20.8 Å². The zero-order valence-electron chi connectivity index (χ0n) is 11.0. The molecule has 0 aromatic heterocycles. The molecular weight excluding hydrogens is 336 g/mol. The highest BCUT2D eigenvalue weighted by atomic mass is 32.3. The van der Waals surface area contributed by atoms with Crippen molar-refractivity contribution in [2.24, 2.45) is 0 Å². The molecule has 0 amide bonds. The maximum atomic E-state index is 10.7. The Labute approximate surface area is 122 Å². The first-order valence-electron chi connectivity index (χ1n) is 5.51. The highest BCUT2D eigenvalue weighted by molar-refractivity contribution is 7.81. The average molecular weight is 350 g/mol.